The predicted octanol–water partition coefficient (Wildman–Crippen LogP) is 2.17. The maximum atomic E-state index is 4.00. The zero-order chi connectivity index (χ0) is 6.57. The lowest BCUT2D eigenvalue weighted by Crippen LogP contribution is -1.81. The minimum Gasteiger partial charge on any atom is -0.259 e. The molecular formula is C7H11N. The first kappa shape index (κ1) is 7.15. The summed E-state index contributed by atoms with van der Waals surface area (Å²) >= 11 is 0. The maximum absolute atomic E-state index is 4.00. The molecule has 0 aromatic rings. The lowest BCUT2D eigenvalue weighted by Gasteiger charge is -1.87. The van der Waals surface area contributed by atoms with Gasteiger partial charge in [-0.25, -0.2) is 0 Å². The Kier molecular flexibility index (Phi) is 2.85. The van der Waals surface area contributed by atoms with Gasteiger partial charge < -0.3 is 0 Å². The number of nitrogens with zero attached hydrogens (tertiary/aromatic N) is 1. The Morgan fingerprint density at radius 1 is 1.50 bits per heavy atom. The molecule has 0 radical (unpaired) electrons. The van der Waals surface area contributed by atoms with E-state index < -0.39 is 0 Å². The Bertz CT molecular complexity index is 131. The van der Waals surface area contributed by atoms with Crippen molar-refractivity contribution in [2.45, 2.75) is 13.8 Å². The van der Waals surface area contributed by atoms with E-state index in [4.69, 9.17) is 0 Å². The van der Waals surface area contributed by atoms with Crippen LogP contribution in [0.4, 0.5) is 0 Å². The molecule has 0 rings (SSSR count). The first-order valence-corrected chi connectivity index (χ1v) is 2.50. The number of allylic oxidation sites excluding steroid dienone is 2. The molecule has 0 saturated heterocycles. The van der Waals surface area contributed by atoms with E-state index in [-0.39, 0.29) is 0 Å². The molecule has 0 N–H and O–H groups in total. The molecule has 0 aliphatic rings. The second-order valence-electron chi connectivity index (χ2n) is 1.69. The quantitative estimate of drug-likeness (QED) is 0.482. The van der Waals surface area contributed by atoms with Crippen LogP contribution in [0.25, 0.3) is 0 Å². The molecule has 0 amide bonds. The zero-order valence-corrected chi connectivity index (χ0v) is 5.44. The van der Waals surface area contributed by atoms with Crippen molar-refractivity contribution in [3.05, 3.63) is 24.9 Å². The monoisotopic (exact) mass is 109 g/mol. The topological polar surface area (TPSA) is 12.4 Å². The average molecular weight is 109 g/mol. The van der Waals surface area contributed by atoms with Gasteiger partial charge in [0.2, 0.25) is 0 Å². The summed E-state index contributed by atoms with van der Waals surface area (Å²) in [6, 6.07) is 0. The fraction of sp³-hybridized carbons (Fsp3) is 0.286. The Hall–Kier alpha value is -0.850. The van der Waals surface area contributed by atoms with Gasteiger partial charge in [-0.15, -0.1) is 0 Å². The third-order valence-electron chi connectivity index (χ3n) is 0.663. The number of aliphatic imine (C=N–C) groups is 1. The second kappa shape index (κ2) is 3.19. The Morgan fingerprint density at radius 2 is 2.00 bits per heavy atom. The van der Waals surface area contributed by atoms with Crippen LogP contribution < -0.4 is 0 Å². The van der Waals surface area contributed by atoms with E-state index in [2.05, 4.69) is 18.2 Å². The lowest BCUT2D eigenvalue weighted by atomic mass is 10.4. The van der Waals surface area contributed by atoms with Gasteiger partial charge in [-0.05, 0) is 19.9 Å². The Balaban J connectivity index is 3.94. The third-order valence-corrected chi connectivity index (χ3v) is 0.663. The van der Waals surface area contributed by atoms with E-state index in [1.807, 2.05) is 13.8 Å². The van der Waals surface area contributed by atoms with Crippen LogP contribution in [-0.2, 0) is 0 Å². The van der Waals surface area contributed by atoms with Crippen molar-refractivity contribution in [2.24, 2.45) is 4.99 Å². The first-order valence-electron chi connectivity index (χ1n) is 2.50. The van der Waals surface area contributed by atoms with Crippen LogP contribution in [0.2, 0.25) is 0 Å². The lowest BCUT2D eigenvalue weighted by molar-refractivity contribution is 1.32. The van der Waals surface area contributed by atoms with E-state index in [9.17, 15) is 0 Å². The number of hydrogen-bond donors (Lipinski definition) is 0. The highest BCUT2D eigenvalue weighted by molar-refractivity contribution is 5.92. The highest BCUT2D eigenvalue weighted by Gasteiger charge is 1.78. The molecule has 0 atom stereocenters. The summed E-state index contributed by atoms with van der Waals surface area (Å²) in [4.78, 5) is 4.00. The van der Waals surface area contributed by atoms with Crippen molar-refractivity contribution in [3.8, 4) is 0 Å². The van der Waals surface area contributed by atoms with Gasteiger partial charge in [-0.1, -0.05) is 13.2 Å². The van der Waals surface area contributed by atoms with Gasteiger partial charge in [0.15, 0.2) is 0 Å². The molecular weight excluding hydrogens is 98.1 g/mol. The largest absolute Gasteiger partial charge is 0.259 e. The van der Waals surface area contributed by atoms with E-state index in [0.717, 1.165) is 11.4 Å². The van der Waals surface area contributed by atoms with Gasteiger partial charge in [0, 0.05) is 11.4 Å². The van der Waals surface area contributed by atoms with Gasteiger partial charge in [0.05, 0.1) is 0 Å². The van der Waals surface area contributed by atoms with Crippen molar-refractivity contribution in [1.82, 2.24) is 0 Å². The predicted molar refractivity (Wildman–Crippen MR) is 38.1 cm³/mol. The summed E-state index contributed by atoms with van der Waals surface area (Å²) in [5.41, 5.74) is 1.74. The normalized spacial score (nSPS) is 11.0. The van der Waals surface area contributed by atoms with Crippen LogP contribution >= 0.6 is 0 Å². The minimum atomic E-state index is 0.822. The molecule has 0 aromatic heterocycles. The second-order valence-corrected chi connectivity index (χ2v) is 1.69. The molecule has 8 heavy (non-hydrogen) atoms. The molecule has 0 fully saturated rings. The smallest absolute Gasteiger partial charge is 0.0369 e. The summed E-state index contributed by atoms with van der Waals surface area (Å²) in [6.07, 6.45) is 1.70. The van der Waals surface area contributed by atoms with E-state index in [1.165, 1.54) is 0 Å². The zero-order valence-electron chi connectivity index (χ0n) is 5.44. The fourth-order valence-electron chi connectivity index (χ4n) is 0.347. The number of rotatable bonds is 2. The molecule has 44 valence electrons. The molecule has 0 aromatic carbocycles. The number of hydrogen-bond acceptors (Lipinski definition) is 1. The SMILES string of the molecule is C=C/C(C)=N\C(=C)C. The Labute approximate surface area is 50.4 Å². The van der Waals surface area contributed by atoms with Crippen LogP contribution in [-0.4, -0.2) is 5.71 Å². The van der Waals surface area contributed by atoms with Crippen molar-refractivity contribution in [3.63, 3.8) is 0 Å². The van der Waals surface area contributed by atoms with E-state index in [0.29, 0.717) is 0 Å². The Morgan fingerprint density at radius 3 is 2.12 bits per heavy atom. The van der Waals surface area contributed by atoms with Crippen molar-refractivity contribution in [2.75, 3.05) is 0 Å². The van der Waals surface area contributed by atoms with Gasteiger partial charge >= 0.3 is 0 Å². The van der Waals surface area contributed by atoms with Gasteiger partial charge in [-0.2, -0.15) is 0 Å². The molecule has 1 nitrogen and oxygen atoms in total. The fourth-order valence-corrected chi connectivity index (χ4v) is 0.347. The van der Waals surface area contributed by atoms with Crippen molar-refractivity contribution >= 4 is 5.71 Å². The minimum absolute atomic E-state index is 0.822. The summed E-state index contributed by atoms with van der Waals surface area (Å²) < 4.78 is 0. The van der Waals surface area contributed by atoms with Gasteiger partial charge in [0.25, 0.3) is 0 Å². The van der Waals surface area contributed by atoms with Crippen LogP contribution in [0.15, 0.2) is 29.9 Å². The van der Waals surface area contributed by atoms with Crippen LogP contribution in [0.1, 0.15) is 13.8 Å². The first-order chi connectivity index (χ1) is 3.66. The molecule has 0 saturated carbocycles. The molecule has 0 aliphatic heterocycles. The highest BCUT2D eigenvalue weighted by Crippen LogP contribution is 1.89. The maximum Gasteiger partial charge on any atom is 0.0369 e. The summed E-state index contributed by atoms with van der Waals surface area (Å²) in [5, 5.41) is 0. The van der Waals surface area contributed by atoms with Crippen molar-refractivity contribution in [1.29, 1.82) is 0 Å². The van der Waals surface area contributed by atoms with E-state index in [1.54, 1.807) is 6.08 Å². The molecule has 0 heterocycles. The van der Waals surface area contributed by atoms with Crippen LogP contribution in [0, 0.1) is 0 Å². The van der Waals surface area contributed by atoms with E-state index >= 15 is 0 Å². The molecule has 0 bridgehead atoms. The molecule has 0 spiro atoms. The summed E-state index contributed by atoms with van der Waals surface area (Å²) in [7, 11) is 0. The third kappa shape index (κ3) is 3.34. The van der Waals surface area contributed by atoms with Crippen molar-refractivity contribution < 1.29 is 0 Å². The average Bonchev–Trinajstić information content (AvgIpc) is 1.65. The standard InChI is InChI=1S/C7H11N/c1-5-7(4)8-6(2)3/h5H,1-2H2,3-4H3/b8-7-. The summed E-state index contributed by atoms with van der Waals surface area (Å²) in [5.74, 6) is 0. The summed E-state index contributed by atoms with van der Waals surface area (Å²) in [6.45, 7) is 10.9. The van der Waals surface area contributed by atoms with Crippen LogP contribution in [0.5, 0.6) is 0 Å². The molecule has 0 unspecified atom stereocenters. The van der Waals surface area contributed by atoms with Gasteiger partial charge in [-0.3, -0.25) is 4.99 Å². The highest BCUT2D eigenvalue weighted by atomic mass is 14.7. The molecule has 1 heteroatoms. The molecule has 0 aliphatic carbocycles. The van der Waals surface area contributed by atoms with Crippen LogP contribution in [0.3, 0.4) is 0 Å². The van der Waals surface area contributed by atoms with Gasteiger partial charge in [0.1, 0.15) is 0 Å².